The lowest BCUT2D eigenvalue weighted by molar-refractivity contribution is 0.268. The summed E-state index contributed by atoms with van der Waals surface area (Å²) in [5.41, 5.74) is 25.3. The standard InChI is InChI=1S/C20H42N8/c21-4-8-25-10-14-27(12-6-23)17-19-2-1-3-20(16-19)18-28(13-7-24)15-11-26-9-5-22/h1-3,16,25-26H,4-15,17-18,21-24H2. The highest BCUT2D eigenvalue weighted by Crippen LogP contribution is 2.11. The molecule has 8 heteroatoms. The van der Waals surface area contributed by atoms with Gasteiger partial charge >= 0.3 is 0 Å². The number of nitrogens with two attached hydrogens (primary N) is 4. The molecule has 0 aromatic heterocycles. The van der Waals surface area contributed by atoms with Gasteiger partial charge in [0.1, 0.15) is 0 Å². The molecule has 1 rings (SSSR count). The van der Waals surface area contributed by atoms with Crippen LogP contribution in [0.2, 0.25) is 0 Å². The molecule has 0 atom stereocenters. The molecule has 0 bridgehead atoms. The Hall–Kier alpha value is -1.10. The first kappa shape index (κ1) is 24.9. The van der Waals surface area contributed by atoms with Gasteiger partial charge in [0.25, 0.3) is 0 Å². The van der Waals surface area contributed by atoms with Gasteiger partial charge in [-0.05, 0) is 11.1 Å². The van der Waals surface area contributed by atoms with Crippen LogP contribution in [0.25, 0.3) is 0 Å². The van der Waals surface area contributed by atoms with Crippen LogP contribution in [0.3, 0.4) is 0 Å². The van der Waals surface area contributed by atoms with Crippen LogP contribution in [-0.4, -0.2) is 88.3 Å². The first-order valence-electron chi connectivity index (χ1n) is 10.5. The Labute approximate surface area is 171 Å². The van der Waals surface area contributed by atoms with Crippen molar-refractivity contribution in [3.8, 4) is 0 Å². The zero-order valence-corrected chi connectivity index (χ0v) is 17.4. The molecular weight excluding hydrogens is 352 g/mol. The van der Waals surface area contributed by atoms with Crippen molar-refractivity contribution < 1.29 is 0 Å². The summed E-state index contributed by atoms with van der Waals surface area (Å²) < 4.78 is 0. The zero-order valence-electron chi connectivity index (χ0n) is 17.4. The Morgan fingerprint density at radius 3 is 1.46 bits per heavy atom. The van der Waals surface area contributed by atoms with E-state index in [-0.39, 0.29) is 0 Å². The fourth-order valence-corrected chi connectivity index (χ4v) is 3.18. The smallest absolute Gasteiger partial charge is 0.0234 e. The van der Waals surface area contributed by atoms with E-state index >= 15 is 0 Å². The summed E-state index contributed by atoms with van der Waals surface area (Å²) >= 11 is 0. The van der Waals surface area contributed by atoms with E-state index < -0.39 is 0 Å². The van der Waals surface area contributed by atoms with Crippen molar-refractivity contribution in [1.29, 1.82) is 0 Å². The summed E-state index contributed by atoms with van der Waals surface area (Å²) in [5, 5.41) is 6.70. The van der Waals surface area contributed by atoms with Gasteiger partial charge in [-0.25, -0.2) is 0 Å². The third-order valence-electron chi connectivity index (χ3n) is 4.55. The molecule has 0 spiro atoms. The largest absolute Gasteiger partial charge is 0.329 e. The summed E-state index contributed by atoms with van der Waals surface area (Å²) in [6, 6.07) is 8.83. The average Bonchev–Trinajstić information content (AvgIpc) is 2.69. The average molecular weight is 395 g/mol. The van der Waals surface area contributed by atoms with Gasteiger partial charge in [0.05, 0.1) is 0 Å². The molecule has 8 nitrogen and oxygen atoms in total. The van der Waals surface area contributed by atoms with E-state index in [2.05, 4.69) is 44.7 Å². The van der Waals surface area contributed by atoms with Crippen molar-refractivity contribution in [3.63, 3.8) is 0 Å². The van der Waals surface area contributed by atoms with Crippen LogP contribution < -0.4 is 33.6 Å². The fraction of sp³-hybridized carbons (Fsp3) is 0.700. The summed E-state index contributed by atoms with van der Waals surface area (Å²) in [6.45, 7) is 11.7. The van der Waals surface area contributed by atoms with Crippen LogP contribution in [0.15, 0.2) is 24.3 Å². The predicted octanol–water partition coefficient (Wildman–Crippen LogP) is -1.70. The van der Waals surface area contributed by atoms with E-state index in [1.807, 2.05) is 0 Å². The highest BCUT2D eigenvalue weighted by Gasteiger charge is 2.08. The van der Waals surface area contributed by atoms with Crippen molar-refractivity contribution in [3.05, 3.63) is 35.4 Å². The number of nitrogens with one attached hydrogen (secondary N) is 2. The minimum absolute atomic E-state index is 0.663. The molecule has 162 valence electrons. The topological polar surface area (TPSA) is 135 Å². The Bertz CT molecular complexity index is 446. The minimum Gasteiger partial charge on any atom is -0.329 e. The van der Waals surface area contributed by atoms with Crippen LogP contribution in [0, 0.1) is 0 Å². The number of hydrogen-bond donors (Lipinski definition) is 6. The highest BCUT2D eigenvalue weighted by atomic mass is 15.1. The lowest BCUT2D eigenvalue weighted by atomic mass is 10.1. The molecule has 0 amide bonds. The monoisotopic (exact) mass is 394 g/mol. The summed E-state index contributed by atoms with van der Waals surface area (Å²) in [6.07, 6.45) is 0. The molecule has 0 aliphatic rings. The third-order valence-corrected chi connectivity index (χ3v) is 4.55. The Morgan fingerprint density at radius 2 is 1.07 bits per heavy atom. The summed E-state index contributed by atoms with van der Waals surface area (Å²) in [4.78, 5) is 4.77. The van der Waals surface area contributed by atoms with Crippen LogP contribution >= 0.6 is 0 Å². The zero-order chi connectivity index (χ0) is 20.5. The third kappa shape index (κ3) is 11.7. The van der Waals surface area contributed by atoms with E-state index in [0.717, 1.165) is 65.4 Å². The molecule has 0 aliphatic heterocycles. The lowest BCUT2D eigenvalue weighted by Gasteiger charge is -2.24. The molecule has 0 radical (unpaired) electrons. The van der Waals surface area contributed by atoms with Crippen LogP contribution in [0.5, 0.6) is 0 Å². The summed E-state index contributed by atoms with van der Waals surface area (Å²) in [7, 11) is 0. The fourth-order valence-electron chi connectivity index (χ4n) is 3.18. The maximum atomic E-state index is 5.80. The molecule has 0 aliphatic carbocycles. The van der Waals surface area contributed by atoms with E-state index in [9.17, 15) is 0 Å². The van der Waals surface area contributed by atoms with Crippen LogP contribution in [0.1, 0.15) is 11.1 Å². The van der Waals surface area contributed by atoms with Gasteiger partial charge in [0.15, 0.2) is 0 Å². The van der Waals surface area contributed by atoms with E-state index in [1.54, 1.807) is 0 Å². The molecule has 0 unspecified atom stereocenters. The number of rotatable bonds is 18. The number of benzene rings is 1. The minimum atomic E-state index is 0.663. The molecule has 0 heterocycles. The van der Waals surface area contributed by atoms with Gasteiger partial charge in [-0.2, -0.15) is 0 Å². The molecule has 1 aromatic carbocycles. The highest BCUT2D eigenvalue weighted by molar-refractivity contribution is 5.23. The Morgan fingerprint density at radius 1 is 0.607 bits per heavy atom. The summed E-state index contributed by atoms with van der Waals surface area (Å²) in [5.74, 6) is 0. The number of nitrogens with zero attached hydrogens (tertiary/aromatic N) is 2. The first-order valence-corrected chi connectivity index (χ1v) is 10.5. The van der Waals surface area contributed by atoms with Gasteiger partial charge in [0, 0.05) is 91.6 Å². The van der Waals surface area contributed by atoms with Gasteiger partial charge in [-0.3, -0.25) is 9.80 Å². The van der Waals surface area contributed by atoms with E-state index in [1.165, 1.54) is 11.1 Å². The second kappa shape index (κ2) is 16.8. The second-order valence-electron chi connectivity index (χ2n) is 7.03. The van der Waals surface area contributed by atoms with Crippen molar-refractivity contribution in [1.82, 2.24) is 20.4 Å². The molecule has 0 saturated heterocycles. The van der Waals surface area contributed by atoms with Crippen molar-refractivity contribution in [2.75, 3.05) is 78.5 Å². The van der Waals surface area contributed by atoms with E-state index in [0.29, 0.717) is 26.2 Å². The van der Waals surface area contributed by atoms with Crippen LogP contribution in [-0.2, 0) is 13.1 Å². The van der Waals surface area contributed by atoms with E-state index in [4.69, 9.17) is 22.9 Å². The van der Waals surface area contributed by atoms with Gasteiger partial charge in [-0.15, -0.1) is 0 Å². The SMILES string of the molecule is NCCNCCN(CCN)Cc1cccc(CN(CCN)CCNCCN)c1. The predicted molar refractivity (Wildman–Crippen MR) is 119 cm³/mol. The van der Waals surface area contributed by atoms with Gasteiger partial charge < -0.3 is 33.6 Å². The molecular formula is C20H42N8. The molecule has 28 heavy (non-hydrogen) atoms. The van der Waals surface area contributed by atoms with Crippen LogP contribution in [0.4, 0.5) is 0 Å². The van der Waals surface area contributed by atoms with Crippen molar-refractivity contribution in [2.24, 2.45) is 22.9 Å². The molecule has 0 saturated carbocycles. The molecule has 1 aromatic rings. The van der Waals surface area contributed by atoms with Crippen molar-refractivity contribution >= 4 is 0 Å². The second-order valence-corrected chi connectivity index (χ2v) is 7.03. The Balaban J connectivity index is 2.58. The quantitative estimate of drug-likeness (QED) is 0.162. The first-order chi connectivity index (χ1) is 13.7. The van der Waals surface area contributed by atoms with Gasteiger partial charge in [-0.1, -0.05) is 24.3 Å². The lowest BCUT2D eigenvalue weighted by Crippen LogP contribution is -2.37. The maximum absolute atomic E-state index is 5.80. The Kier molecular flexibility index (Phi) is 15.0. The van der Waals surface area contributed by atoms with Crippen molar-refractivity contribution in [2.45, 2.75) is 13.1 Å². The van der Waals surface area contributed by atoms with Gasteiger partial charge in [0.2, 0.25) is 0 Å². The molecule has 0 fully saturated rings. The normalized spacial score (nSPS) is 11.6. The molecule has 10 N–H and O–H groups in total. The number of hydrogen-bond acceptors (Lipinski definition) is 8. The maximum Gasteiger partial charge on any atom is 0.0234 e.